The number of halogens is 16. The molecule has 2 atom stereocenters. The third kappa shape index (κ3) is 9.25. The second kappa shape index (κ2) is 12.9. The molecule has 0 heterocycles. The minimum absolute atomic E-state index is 0.244. The highest BCUT2D eigenvalue weighted by Gasteiger charge is 2.83. The van der Waals surface area contributed by atoms with E-state index in [1.807, 2.05) is 0 Å². The van der Waals surface area contributed by atoms with Crippen molar-refractivity contribution in [3.63, 3.8) is 0 Å². The lowest BCUT2D eigenvalue weighted by molar-refractivity contribution is -0.485. The van der Waals surface area contributed by atoms with E-state index in [-0.39, 0.29) is 7.11 Å². The first-order valence-corrected chi connectivity index (χ1v) is 15.2. The predicted octanol–water partition coefficient (Wildman–Crippen LogP) is 8.16. The minimum Gasteiger partial charge on any atom is -0.346 e. The second-order valence-corrected chi connectivity index (χ2v) is 20.5. The molecule has 0 N–H and O–H groups in total. The van der Waals surface area contributed by atoms with Crippen LogP contribution in [-0.4, -0.2) is 82.0 Å². The zero-order valence-corrected chi connectivity index (χ0v) is 22.7. The van der Waals surface area contributed by atoms with Crippen molar-refractivity contribution in [2.45, 2.75) is 54.9 Å². The van der Waals surface area contributed by atoms with Crippen LogP contribution in [0.2, 0.25) is 0 Å². The minimum atomic E-state index is -9.00. The van der Waals surface area contributed by atoms with Gasteiger partial charge in [0.2, 0.25) is 5.62 Å². The Morgan fingerprint density at radius 3 is 1.73 bits per heavy atom. The lowest BCUT2D eigenvalue weighted by atomic mass is 10.5. The van der Waals surface area contributed by atoms with Crippen molar-refractivity contribution in [2.24, 2.45) is 0 Å². The van der Waals surface area contributed by atoms with Gasteiger partial charge in [-0.15, -0.1) is 13.2 Å². The molecular formula is C14H18ClF15O7S3. The first kappa shape index (κ1) is 40.0. The van der Waals surface area contributed by atoms with E-state index in [9.17, 15) is 65.9 Å². The molecule has 0 aliphatic carbocycles. The molecule has 0 aliphatic heterocycles. The number of ether oxygens (including phenoxy) is 5. The Hall–Kier alpha value is 0.01000. The lowest BCUT2D eigenvalue weighted by Crippen LogP contribution is -2.58. The Labute approximate surface area is 225 Å². The quantitative estimate of drug-likeness (QED) is 0.0844. The molecule has 0 saturated carbocycles. The molecule has 0 rings (SSSR count). The number of rotatable bonds is 17. The lowest BCUT2D eigenvalue weighted by Gasteiger charge is -2.76. The van der Waals surface area contributed by atoms with Crippen LogP contribution in [0, 0.1) is 0 Å². The van der Waals surface area contributed by atoms with Crippen molar-refractivity contribution in [2.75, 3.05) is 34.0 Å². The van der Waals surface area contributed by atoms with Gasteiger partial charge in [0.1, 0.15) is 13.2 Å². The van der Waals surface area contributed by atoms with Crippen molar-refractivity contribution in [1.82, 2.24) is 0 Å². The Kier molecular flexibility index (Phi) is 12.9. The zero-order valence-electron chi connectivity index (χ0n) is 19.5. The number of hydrogen-bond donors (Lipinski definition) is 0. The fraction of sp³-hybridized carbons (Fsp3) is 1.00. The second-order valence-electron chi connectivity index (χ2n) is 6.42. The fourth-order valence-corrected chi connectivity index (χ4v) is 13.2. The topological polar surface area (TPSA) is 64.6 Å². The number of hydrogen-bond acceptors (Lipinski definition) is 9. The van der Waals surface area contributed by atoms with E-state index < -0.39 is 95.5 Å². The Balaban J connectivity index is 7.82. The number of alkyl halides is 15. The van der Waals surface area contributed by atoms with Crippen molar-refractivity contribution >= 4 is 38.4 Å². The molecule has 0 bridgehead atoms. The van der Waals surface area contributed by atoms with E-state index in [2.05, 4.69) is 32.1 Å². The van der Waals surface area contributed by atoms with E-state index in [1.165, 1.54) is 0 Å². The molecule has 0 fully saturated rings. The third-order valence-electron chi connectivity index (χ3n) is 3.58. The summed E-state index contributed by atoms with van der Waals surface area (Å²) in [4.78, 5) is 0. The summed E-state index contributed by atoms with van der Waals surface area (Å²) in [6.07, 6.45) is -31.4. The van der Waals surface area contributed by atoms with Crippen LogP contribution < -0.4 is 0 Å². The van der Waals surface area contributed by atoms with Gasteiger partial charge in [0, 0.05) is 46.0 Å². The van der Waals surface area contributed by atoms with Gasteiger partial charge >= 0.3 is 35.9 Å². The Bertz CT molecular complexity index is 838. The van der Waals surface area contributed by atoms with Crippen molar-refractivity contribution < 1.29 is 97.9 Å². The van der Waals surface area contributed by atoms with E-state index in [0.29, 0.717) is 14.0 Å². The molecule has 0 amide bonds. The van der Waals surface area contributed by atoms with Crippen molar-refractivity contribution in [3.8, 4) is 0 Å². The molecule has 0 aromatic carbocycles. The van der Waals surface area contributed by atoms with Crippen molar-refractivity contribution in [1.29, 1.82) is 0 Å². The molecule has 2 unspecified atom stereocenters. The first-order chi connectivity index (χ1) is 17.6. The van der Waals surface area contributed by atoms with Gasteiger partial charge in [-0.3, -0.25) is 13.1 Å². The van der Waals surface area contributed by atoms with Crippen LogP contribution in [0.25, 0.3) is 0 Å². The maximum Gasteiger partial charge on any atom is 0.527 e. The Morgan fingerprint density at radius 1 is 0.875 bits per heavy atom. The van der Waals surface area contributed by atoms with Gasteiger partial charge in [0.05, 0.1) is 7.11 Å². The molecular weight excluding hydrogens is 697 g/mol. The molecule has 0 aliphatic rings. The maximum absolute atomic E-state index is 14.9. The van der Waals surface area contributed by atoms with Gasteiger partial charge < -0.3 is 14.2 Å². The standard InChI is InChI=1S/C14H18ClF15O7S3/c1-4-34-12(36-8(18)19,11(23,24)37-13(25,26)27)39-40(15,32-3,14(28,29)30,35-5-7(16)17)38-9(31-2)33-6-10(20,21)22/h7-9H,4-6H2,1-3H3. The van der Waals surface area contributed by atoms with Crippen LogP contribution in [0.5, 0.6) is 0 Å². The van der Waals surface area contributed by atoms with Crippen LogP contribution in [-0.2, 0) is 32.1 Å². The van der Waals surface area contributed by atoms with Gasteiger partial charge in [-0.2, -0.15) is 43.9 Å². The van der Waals surface area contributed by atoms with E-state index in [4.69, 9.17) is 10.7 Å². The molecule has 26 heteroatoms. The molecule has 0 spiro atoms. The molecule has 0 radical (unpaired) electrons. The third-order valence-corrected chi connectivity index (χ3v) is 17.4. The van der Waals surface area contributed by atoms with Crippen LogP contribution >= 0.6 is 38.4 Å². The van der Waals surface area contributed by atoms with E-state index in [0.717, 1.165) is 0 Å². The smallest absolute Gasteiger partial charge is 0.346 e. The van der Waals surface area contributed by atoms with Crippen LogP contribution in [0.15, 0.2) is 0 Å². The fourth-order valence-electron chi connectivity index (χ4n) is 2.14. The van der Waals surface area contributed by atoms with Gasteiger partial charge in [0.25, 0.3) is 6.43 Å². The summed E-state index contributed by atoms with van der Waals surface area (Å²) in [7, 11) is 1.92. The average Bonchev–Trinajstić information content (AvgIpc) is 2.72. The summed E-state index contributed by atoms with van der Waals surface area (Å²) in [5.41, 5.74) is -9.96. The van der Waals surface area contributed by atoms with Gasteiger partial charge in [-0.1, -0.05) is 6.13 Å². The largest absolute Gasteiger partial charge is 0.527 e. The van der Waals surface area contributed by atoms with Crippen molar-refractivity contribution in [3.05, 3.63) is 0 Å². The first-order valence-electron chi connectivity index (χ1n) is 9.34. The van der Waals surface area contributed by atoms with E-state index >= 15 is 0 Å². The molecule has 0 saturated heterocycles. The highest BCUT2D eigenvalue weighted by molar-refractivity contribution is 9.45. The summed E-state index contributed by atoms with van der Waals surface area (Å²) < 4.78 is 229. The molecule has 246 valence electrons. The van der Waals surface area contributed by atoms with Crippen LogP contribution in [0.3, 0.4) is 0 Å². The van der Waals surface area contributed by atoms with Crippen LogP contribution in [0.1, 0.15) is 6.92 Å². The van der Waals surface area contributed by atoms with Gasteiger partial charge in [-0.25, -0.2) is 13.5 Å². The average molecular weight is 715 g/mol. The maximum atomic E-state index is 14.9. The highest BCUT2D eigenvalue weighted by atomic mass is 35.8. The Morgan fingerprint density at radius 2 is 1.40 bits per heavy atom. The SMILES string of the molecule is CCOC(OC(F)F)(SS(Cl)(OC)(OCC(F)F)(SC(OC)OCC(F)(F)F)C(F)(F)F)C(F)(F)OC(F)(F)F. The van der Waals surface area contributed by atoms with Gasteiger partial charge in [-0.05, 0) is 6.92 Å². The summed E-state index contributed by atoms with van der Waals surface area (Å²) in [5.74, 6) is 0. The number of methoxy groups -OCH3 is 1. The summed E-state index contributed by atoms with van der Waals surface area (Å²) in [6, 6.07) is 0. The highest BCUT2D eigenvalue weighted by Crippen LogP contribution is 3.16. The molecule has 0 aromatic heterocycles. The molecule has 7 nitrogen and oxygen atoms in total. The van der Waals surface area contributed by atoms with Crippen LogP contribution in [0.4, 0.5) is 65.9 Å². The van der Waals surface area contributed by atoms with Gasteiger partial charge in [0.15, 0.2) is 0 Å². The monoisotopic (exact) mass is 714 g/mol. The summed E-state index contributed by atoms with van der Waals surface area (Å²) >= 11 is 0. The van der Waals surface area contributed by atoms with E-state index in [1.54, 1.807) is 0 Å². The molecule has 40 heavy (non-hydrogen) atoms. The summed E-state index contributed by atoms with van der Waals surface area (Å²) in [6.45, 7) is -10.8. The summed E-state index contributed by atoms with van der Waals surface area (Å²) in [5, 5.41) is -5.46. The molecule has 0 aromatic rings. The normalized spacial score (nSPS) is 18.5. The zero-order chi connectivity index (χ0) is 32.1. The predicted molar refractivity (Wildman–Crippen MR) is 110 cm³/mol.